The summed E-state index contributed by atoms with van der Waals surface area (Å²) < 4.78 is 337. The van der Waals surface area contributed by atoms with Gasteiger partial charge in [0.15, 0.2) is 13.9 Å². The van der Waals surface area contributed by atoms with Crippen molar-refractivity contribution in [2.45, 2.75) is 0 Å². The molecule has 0 radical (unpaired) electrons. The zero-order valence-electron chi connectivity index (χ0n) is 67.7. The quantitative estimate of drug-likeness (QED) is 0.162. The molecule has 0 amide bonds. The maximum atomic E-state index is 10.5. The van der Waals surface area contributed by atoms with Crippen LogP contribution in [0.4, 0.5) is 0 Å². The molecule has 13 aromatic rings. The third-order valence-electron chi connectivity index (χ3n) is 11.0. The van der Waals surface area contributed by atoms with Crippen molar-refractivity contribution in [3.05, 3.63) is 218 Å². The molecule has 0 atom stereocenters. The number of aromatic nitrogens is 6. The molecule has 9 aromatic carbocycles. The first kappa shape index (κ1) is 15.2. The van der Waals surface area contributed by atoms with E-state index in [9.17, 15) is 30.2 Å². The lowest BCUT2D eigenvalue weighted by Gasteiger charge is -2.39. The highest BCUT2D eigenvalue weighted by atomic mass is 28.3. The van der Waals surface area contributed by atoms with Crippen molar-refractivity contribution in [1.29, 1.82) is 0 Å². The van der Waals surface area contributed by atoms with Crippen LogP contribution >= 0.6 is 0 Å². The lowest BCUT2D eigenvalue weighted by Crippen LogP contribution is -2.76. The first-order valence-corrected chi connectivity index (χ1v) is 20.9. The molecule has 7 heteroatoms. The Morgan fingerprint density at radius 1 is 0.344 bits per heavy atom. The maximum Gasteiger partial charge on any atom is 0.240 e. The molecule has 14 rings (SSSR count). The SMILES string of the molecule is [2H]c1c([2H])c([2H])c([Si]2(c3c([2H])c([2H])c([2H])c([2H])c3[2H])c3c([2H])c([2H])c([2H])c([2H])c3-n3c4c([2H])c([2H])c(-c5nc(-n6c7c([2H])c([2H])c([2H])c([2H])c7c7c([2H])c([2H])c([2H])c([2H])c76)nc(-n6c7c([2H])c([2H])c([2H])c([2H])c7c7c([2H])c([2H])c([2H])c([2H])c76)n5)c([2H])c4c4c([2H])c([2H])c([2H])c2c43)c([2H])c1[2H]. The van der Waals surface area contributed by atoms with E-state index in [1.807, 2.05) is 0 Å². The van der Waals surface area contributed by atoms with Crippen molar-refractivity contribution in [3.8, 4) is 29.0 Å². The lowest BCUT2D eigenvalue weighted by atomic mass is 10.1. The maximum absolute atomic E-state index is 10.5. The number of hydrogen-bond donors (Lipinski definition) is 0. The van der Waals surface area contributed by atoms with Gasteiger partial charge in [0.05, 0.1) is 82.4 Å². The highest BCUT2D eigenvalue weighted by molar-refractivity contribution is 7.21. The second kappa shape index (κ2) is 13.3. The minimum atomic E-state index is -6.15. The summed E-state index contributed by atoms with van der Waals surface area (Å²) in [6.45, 7) is 0. The highest BCUT2D eigenvalue weighted by Gasteiger charge is 2.47. The fourth-order valence-corrected chi connectivity index (χ4v) is 12.7. The molecule has 6 nitrogen and oxygen atoms in total. The van der Waals surface area contributed by atoms with Crippen LogP contribution in [0.25, 0.3) is 94.4 Å². The predicted octanol–water partition coefficient (Wildman–Crippen LogP) is 10.5. The third-order valence-corrected chi connectivity index (χ3v) is 15.3. The van der Waals surface area contributed by atoms with Crippen molar-refractivity contribution in [3.63, 3.8) is 0 Å². The molecule has 0 saturated carbocycles. The second-order valence-electron chi connectivity index (χ2n) is 14.1. The van der Waals surface area contributed by atoms with Crippen LogP contribution in [-0.4, -0.2) is 36.7 Å². The van der Waals surface area contributed by atoms with Crippen molar-refractivity contribution in [2.75, 3.05) is 0 Å². The Kier molecular flexibility index (Phi) is 3.15. The molecule has 0 unspecified atom stereocenters. The van der Waals surface area contributed by atoms with Crippen LogP contribution in [-0.2, 0) is 0 Å². The van der Waals surface area contributed by atoms with Crippen molar-refractivity contribution < 1.29 is 49.3 Å². The molecule has 64 heavy (non-hydrogen) atoms. The molecule has 298 valence electrons. The number of hydrogen-bond acceptors (Lipinski definition) is 3. The van der Waals surface area contributed by atoms with Gasteiger partial charge in [0, 0.05) is 43.6 Å². The van der Waals surface area contributed by atoms with E-state index in [0.717, 1.165) is 4.57 Å². The van der Waals surface area contributed by atoms with Crippen molar-refractivity contribution in [2.24, 2.45) is 0 Å². The summed E-state index contributed by atoms with van der Waals surface area (Å²) >= 11 is 0. The first-order chi connectivity index (χ1) is 46.7. The van der Waals surface area contributed by atoms with Crippen LogP contribution in [0, 0.1) is 0 Å². The second-order valence-corrected chi connectivity index (χ2v) is 17.6. The molecule has 0 saturated heterocycles. The van der Waals surface area contributed by atoms with E-state index in [4.69, 9.17) is 19.2 Å². The summed E-state index contributed by atoms with van der Waals surface area (Å²) in [6.07, 6.45) is 0. The first-order valence-electron chi connectivity index (χ1n) is 36.9. The van der Waals surface area contributed by atoms with Crippen molar-refractivity contribution >= 4 is 94.2 Å². The minimum Gasteiger partial charge on any atom is -0.309 e. The standard InChI is InChI=1S/C57H36N6Si/c1-3-18-38(19-4-1)64(39-20-5-2-6-21-39)52-32-16-15-31-51(52)61-50-35-34-37(36-45(50)44-26-17-33-53(64)54(44)61)55-58-56(62-46-27-11-7-22-40(46)41-23-8-12-28-47(41)62)60-57(59-55)63-48-29-13-9-24-42(48)43-25-10-14-30-49(43)63/h1-36H/i1D,2D,3D,4D,5D,6D,7D,8D,9D,10D,11D,12D,13D,14D,15D,16D,17D,18D,19D,20D,21D,22D,23D,24D,25D,26D,27D,28D,29D,30D,31D,32D,33D,34D,35D,36D. The number of fused-ring (bicyclic) bond motifs is 11. The summed E-state index contributed by atoms with van der Waals surface area (Å²) in [5.41, 5.74) is -6.17. The number of para-hydroxylation sites is 6. The molecule has 4 aromatic heterocycles. The van der Waals surface area contributed by atoms with Gasteiger partial charge in [-0.2, -0.15) is 15.0 Å². The lowest BCUT2D eigenvalue weighted by molar-refractivity contribution is 0.893. The molecule has 1 aliphatic rings. The van der Waals surface area contributed by atoms with E-state index in [0.29, 0.717) is 9.13 Å². The summed E-state index contributed by atoms with van der Waals surface area (Å²) in [7, 11) is -6.15. The van der Waals surface area contributed by atoms with Gasteiger partial charge in [0.2, 0.25) is 11.9 Å². The van der Waals surface area contributed by atoms with Crippen LogP contribution in [0.15, 0.2) is 218 Å². The monoisotopic (exact) mass is 869 g/mol. The van der Waals surface area contributed by atoms with Crippen molar-refractivity contribution in [1.82, 2.24) is 28.7 Å². The Morgan fingerprint density at radius 3 is 1.33 bits per heavy atom. The van der Waals surface area contributed by atoms with Crippen LogP contribution in [0.2, 0.25) is 0 Å². The molecule has 0 spiro atoms. The molecular formula is C57H36N6Si. The van der Waals surface area contributed by atoms with Crippen LogP contribution < -0.4 is 20.7 Å². The van der Waals surface area contributed by atoms with Gasteiger partial charge in [-0.15, -0.1) is 0 Å². The van der Waals surface area contributed by atoms with Gasteiger partial charge >= 0.3 is 0 Å². The van der Waals surface area contributed by atoms with Gasteiger partial charge < -0.3 is 4.57 Å². The van der Waals surface area contributed by atoms with Crippen LogP contribution in [0.1, 0.15) is 49.3 Å². The molecule has 0 fully saturated rings. The summed E-state index contributed by atoms with van der Waals surface area (Å²) in [5.74, 6) is -3.08. The Bertz CT molecular complexity index is 5730. The molecule has 1 aliphatic heterocycles. The molecule has 0 N–H and O–H groups in total. The minimum absolute atomic E-state index is 0.573. The molecular weight excluding hydrogens is 797 g/mol. The predicted molar refractivity (Wildman–Crippen MR) is 265 cm³/mol. The number of rotatable bonds is 5. The normalized spacial score (nSPS) is 21.0. The number of benzene rings is 9. The van der Waals surface area contributed by atoms with Crippen LogP contribution in [0.3, 0.4) is 0 Å². The topological polar surface area (TPSA) is 53.5 Å². The smallest absolute Gasteiger partial charge is 0.240 e. The largest absolute Gasteiger partial charge is 0.309 e. The van der Waals surface area contributed by atoms with E-state index in [-0.39, 0.29) is 0 Å². The molecule has 0 aliphatic carbocycles. The highest BCUT2D eigenvalue weighted by Crippen LogP contribution is 2.39. The third kappa shape index (κ3) is 4.70. The van der Waals surface area contributed by atoms with Gasteiger partial charge in [-0.3, -0.25) is 9.13 Å². The summed E-state index contributed by atoms with van der Waals surface area (Å²) in [6, 6.07) is -37.6. The van der Waals surface area contributed by atoms with E-state index >= 15 is 0 Å². The van der Waals surface area contributed by atoms with E-state index in [1.165, 1.54) is 0 Å². The van der Waals surface area contributed by atoms with E-state index in [2.05, 4.69) is 15.0 Å². The Morgan fingerprint density at radius 2 is 0.781 bits per heavy atom. The van der Waals surface area contributed by atoms with Crippen LogP contribution in [0.5, 0.6) is 0 Å². The van der Waals surface area contributed by atoms with E-state index < -0.39 is 341 Å². The fourth-order valence-electron chi connectivity index (χ4n) is 8.55. The Labute approximate surface area is 419 Å². The average Bonchev–Trinajstić information content (AvgIpc) is 1.26. The molecule has 5 heterocycles. The van der Waals surface area contributed by atoms with Gasteiger partial charge in [-0.1, -0.05) is 169 Å². The average molecular weight is 869 g/mol. The zero-order chi connectivity index (χ0) is 73.3. The Balaban J connectivity index is 1.27. The van der Waals surface area contributed by atoms with Gasteiger partial charge in [-0.05, 0) is 69.1 Å². The Hall–Kier alpha value is -8.39. The van der Waals surface area contributed by atoms with E-state index in [1.54, 1.807) is 0 Å². The summed E-state index contributed by atoms with van der Waals surface area (Å²) in [4.78, 5) is 13.9. The zero-order valence-corrected chi connectivity index (χ0v) is 32.7. The van der Waals surface area contributed by atoms with Gasteiger partial charge in [0.1, 0.15) is 0 Å². The number of nitrogens with zero attached hydrogens (tertiary/aromatic N) is 6. The molecule has 0 bridgehead atoms. The van der Waals surface area contributed by atoms with Gasteiger partial charge in [0.25, 0.3) is 0 Å². The summed E-state index contributed by atoms with van der Waals surface area (Å²) in [5, 5.41) is -7.60. The fraction of sp³-hybridized carbons (Fsp3) is 0. The van der Waals surface area contributed by atoms with Gasteiger partial charge in [-0.25, -0.2) is 0 Å².